The molecule has 0 saturated carbocycles. The molecule has 0 spiro atoms. The Labute approximate surface area is 164 Å². The van der Waals surface area contributed by atoms with E-state index in [0.717, 1.165) is 4.90 Å². The first kappa shape index (κ1) is 21.4. The third kappa shape index (κ3) is 4.86. The van der Waals surface area contributed by atoms with Crippen molar-refractivity contribution in [2.45, 2.75) is 33.1 Å². The second-order valence-corrected chi connectivity index (χ2v) is 6.73. The number of nitrogens with one attached hydrogen (secondary N) is 3. The summed E-state index contributed by atoms with van der Waals surface area (Å²) < 4.78 is 0. The number of benzene rings is 1. The Balaban J connectivity index is 1.88. The van der Waals surface area contributed by atoms with Gasteiger partial charge in [0.2, 0.25) is 17.7 Å². The van der Waals surface area contributed by atoms with Crippen LogP contribution < -0.4 is 21.7 Å². The van der Waals surface area contributed by atoms with Gasteiger partial charge in [0.1, 0.15) is 0 Å². The van der Waals surface area contributed by atoms with E-state index in [-0.39, 0.29) is 43.8 Å². The maximum absolute atomic E-state index is 12.5. The molecule has 1 heterocycles. The number of hydrogen-bond donors (Lipinski definition) is 4. The predicted octanol–water partition coefficient (Wildman–Crippen LogP) is 1.27. The molecule has 1 aliphatic rings. The molecule has 0 unspecified atom stereocenters. The minimum atomic E-state index is -0.591. The van der Waals surface area contributed by atoms with Crippen LogP contribution in [0.3, 0.4) is 0 Å². The number of nitrogens with two attached hydrogens (primary N) is 1. The summed E-state index contributed by atoms with van der Waals surface area (Å²) in [5, 5.41) is 7.97. The number of nitrogens with zero attached hydrogens (tertiary/aromatic N) is 1. The smallest absolute Gasteiger partial charge is 0.324 e. The van der Waals surface area contributed by atoms with Crippen LogP contribution in [-0.2, 0) is 14.4 Å². The summed E-state index contributed by atoms with van der Waals surface area (Å²) in [6, 6.07) is 6.24. The van der Waals surface area contributed by atoms with Crippen LogP contribution in [0.2, 0.25) is 0 Å². The lowest BCUT2D eigenvalue weighted by molar-refractivity contribution is -0.126. The molecule has 28 heavy (non-hydrogen) atoms. The molecule has 0 aromatic heterocycles. The number of imide groups is 1. The van der Waals surface area contributed by atoms with Gasteiger partial charge in [0.05, 0.1) is 12.0 Å². The number of anilines is 2. The van der Waals surface area contributed by atoms with Crippen molar-refractivity contribution in [3.8, 4) is 0 Å². The zero-order valence-electron chi connectivity index (χ0n) is 16.2. The average molecular weight is 389 g/mol. The first-order valence-corrected chi connectivity index (χ1v) is 9.35. The molecule has 0 aliphatic carbocycles. The number of carbonyl (C=O) groups excluding carboxylic acids is 4. The van der Waals surface area contributed by atoms with E-state index < -0.39 is 11.4 Å². The van der Waals surface area contributed by atoms with Crippen LogP contribution in [0.1, 0.15) is 33.1 Å². The van der Waals surface area contributed by atoms with Crippen LogP contribution in [-0.4, -0.2) is 48.3 Å². The van der Waals surface area contributed by atoms with Gasteiger partial charge < -0.3 is 21.7 Å². The van der Waals surface area contributed by atoms with Gasteiger partial charge in [-0.15, -0.1) is 0 Å². The zero-order valence-corrected chi connectivity index (χ0v) is 16.2. The molecule has 9 nitrogen and oxygen atoms in total. The van der Waals surface area contributed by atoms with Gasteiger partial charge in [-0.05, 0) is 37.1 Å². The average Bonchev–Trinajstić information content (AvgIpc) is 3.01. The summed E-state index contributed by atoms with van der Waals surface area (Å²) in [7, 11) is 0. The molecule has 2 rings (SSSR count). The van der Waals surface area contributed by atoms with Crippen LogP contribution >= 0.6 is 0 Å². The summed E-state index contributed by atoms with van der Waals surface area (Å²) in [6.07, 6.45) is 1.30. The van der Waals surface area contributed by atoms with E-state index in [0.29, 0.717) is 24.2 Å². The lowest BCUT2D eigenvalue weighted by atomic mass is 9.81. The highest BCUT2D eigenvalue weighted by Gasteiger charge is 2.33. The third-order valence-electron chi connectivity index (χ3n) is 5.15. The molecule has 152 valence electrons. The molecule has 1 aromatic carbocycles. The maximum atomic E-state index is 12.5. The molecule has 5 N–H and O–H groups in total. The van der Waals surface area contributed by atoms with E-state index in [4.69, 9.17) is 5.73 Å². The zero-order chi connectivity index (χ0) is 20.7. The van der Waals surface area contributed by atoms with Crippen LogP contribution in [0.25, 0.3) is 0 Å². The third-order valence-corrected chi connectivity index (χ3v) is 5.15. The van der Waals surface area contributed by atoms with Crippen molar-refractivity contribution in [2.75, 3.05) is 30.3 Å². The second kappa shape index (κ2) is 9.32. The van der Waals surface area contributed by atoms with Crippen molar-refractivity contribution in [3.05, 3.63) is 24.3 Å². The normalized spacial score (nSPS) is 14.0. The van der Waals surface area contributed by atoms with Crippen LogP contribution in [0.4, 0.5) is 16.2 Å². The summed E-state index contributed by atoms with van der Waals surface area (Å²) in [6.45, 7) is 4.15. The second-order valence-electron chi connectivity index (χ2n) is 6.73. The highest BCUT2D eigenvalue weighted by molar-refractivity contribution is 6.02. The van der Waals surface area contributed by atoms with Crippen LogP contribution in [0.5, 0.6) is 0 Å². The Hall–Kier alpha value is -2.94. The van der Waals surface area contributed by atoms with Crippen molar-refractivity contribution in [2.24, 2.45) is 11.1 Å². The van der Waals surface area contributed by atoms with Gasteiger partial charge >= 0.3 is 6.03 Å². The first-order valence-electron chi connectivity index (χ1n) is 9.35. The van der Waals surface area contributed by atoms with E-state index in [9.17, 15) is 19.2 Å². The molecule has 1 saturated heterocycles. The fourth-order valence-electron chi connectivity index (χ4n) is 2.97. The fourth-order valence-corrected chi connectivity index (χ4v) is 2.97. The number of carbonyl (C=O) groups is 4. The lowest BCUT2D eigenvalue weighted by Crippen LogP contribution is -2.41. The number of hydrogen-bond acceptors (Lipinski definition) is 5. The molecular formula is C19H27N5O4. The predicted molar refractivity (Wildman–Crippen MR) is 105 cm³/mol. The summed E-state index contributed by atoms with van der Waals surface area (Å²) >= 11 is 0. The SMILES string of the molecule is CCC(CC)(CN)C(=O)Nc1ccc(NC(=O)CCN2C(=O)CNC2=O)cc1. The van der Waals surface area contributed by atoms with Gasteiger partial charge in [-0.1, -0.05) is 13.8 Å². The Morgan fingerprint density at radius 2 is 1.68 bits per heavy atom. The minimum Gasteiger partial charge on any atom is -0.329 e. The molecule has 1 aliphatic heterocycles. The van der Waals surface area contributed by atoms with E-state index >= 15 is 0 Å². The van der Waals surface area contributed by atoms with E-state index in [2.05, 4.69) is 16.0 Å². The first-order chi connectivity index (χ1) is 13.3. The van der Waals surface area contributed by atoms with Gasteiger partial charge in [-0.2, -0.15) is 0 Å². The Morgan fingerprint density at radius 3 is 2.14 bits per heavy atom. The Morgan fingerprint density at radius 1 is 1.11 bits per heavy atom. The standard InChI is InChI=1S/C19H27N5O4/c1-3-19(4-2,12-20)17(27)23-14-7-5-13(6-8-14)22-15(25)9-10-24-16(26)11-21-18(24)28/h5-8H,3-4,9-12,20H2,1-2H3,(H,21,28)(H,22,25)(H,23,27). The maximum Gasteiger partial charge on any atom is 0.324 e. The van der Waals surface area contributed by atoms with Gasteiger partial charge in [-0.3, -0.25) is 19.3 Å². The number of urea groups is 1. The van der Waals surface area contributed by atoms with Gasteiger partial charge in [-0.25, -0.2) is 4.79 Å². The summed E-state index contributed by atoms with van der Waals surface area (Å²) in [4.78, 5) is 48.5. The van der Waals surface area contributed by atoms with Crippen molar-refractivity contribution < 1.29 is 19.2 Å². The largest absolute Gasteiger partial charge is 0.329 e. The minimum absolute atomic E-state index is 0.00364. The molecule has 5 amide bonds. The number of amides is 5. The Kier molecular flexibility index (Phi) is 7.11. The van der Waals surface area contributed by atoms with E-state index in [1.54, 1.807) is 24.3 Å². The molecule has 1 fully saturated rings. The van der Waals surface area contributed by atoms with Gasteiger partial charge in [0.15, 0.2) is 0 Å². The molecule has 9 heteroatoms. The molecule has 0 bridgehead atoms. The van der Waals surface area contributed by atoms with E-state index in [1.807, 2.05) is 13.8 Å². The number of rotatable bonds is 9. The van der Waals surface area contributed by atoms with Crippen LogP contribution in [0, 0.1) is 5.41 Å². The quantitative estimate of drug-likeness (QED) is 0.472. The Bertz CT molecular complexity index is 719. The van der Waals surface area contributed by atoms with Gasteiger partial charge in [0.25, 0.3) is 0 Å². The van der Waals surface area contributed by atoms with Crippen molar-refractivity contribution >= 4 is 35.1 Å². The monoisotopic (exact) mass is 389 g/mol. The molecule has 1 aromatic rings. The fraction of sp³-hybridized carbons (Fsp3) is 0.474. The summed E-state index contributed by atoms with van der Waals surface area (Å²) in [5.74, 6) is -0.778. The lowest BCUT2D eigenvalue weighted by Gasteiger charge is -2.28. The topological polar surface area (TPSA) is 134 Å². The van der Waals surface area contributed by atoms with Crippen molar-refractivity contribution in [3.63, 3.8) is 0 Å². The van der Waals surface area contributed by atoms with Crippen molar-refractivity contribution in [1.29, 1.82) is 0 Å². The summed E-state index contributed by atoms with van der Waals surface area (Å²) in [5.41, 5.74) is 6.37. The van der Waals surface area contributed by atoms with Crippen molar-refractivity contribution in [1.82, 2.24) is 10.2 Å². The highest BCUT2D eigenvalue weighted by Crippen LogP contribution is 2.27. The van der Waals surface area contributed by atoms with Crippen LogP contribution in [0.15, 0.2) is 24.3 Å². The molecular weight excluding hydrogens is 362 g/mol. The van der Waals surface area contributed by atoms with Gasteiger partial charge in [0, 0.05) is 30.9 Å². The van der Waals surface area contributed by atoms with E-state index in [1.165, 1.54) is 0 Å². The molecule has 0 atom stereocenters. The molecule has 0 radical (unpaired) electrons. The highest BCUT2D eigenvalue weighted by atomic mass is 16.2.